The summed E-state index contributed by atoms with van der Waals surface area (Å²) in [6.45, 7) is 0. The van der Waals surface area contributed by atoms with Crippen LogP contribution in [-0.2, 0) is 10.1 Å². The van der Waals surface area contributed by atoms with Crippen LogP contribution < -0.4 is 0 Å². The molecule has 0 spiro atoms. The largest absolute Gasteiger partial charge is 0.295 e. The Morgan fingerprint density at radius 1 is 1.50 bits per heavy atom. The predicted molar refractivity (Wildman–Crippen MR) is 67.8 cm³/mol. The Kier molecular flexibility index (Phi) is 4.01. The molecule has 7 heteroatoms. The smallest absolute Gasteiger partial charge is 0.282 e. The van der Waals surface area contributed by atoms with E-state index in [4.69, 9.17) is 4.55 Å². The van der Waals surface area contributed by atoms with Gasteiger partial charge in [-0.05, 0) is 54.1 Å². The molecule has 0 radical (unpaired) electrons. The SMILES string of the molecule is O=S(=O)(O)C1=CI=II=C1. The van der Waals surface area contributed by atoms with Gasteiger partial charge in [-0.15, -0.1) is 0 Å². The van der Waals surface area contributed by atoms with Gasteiger partial charge in [-0.3, -0.25) is 4.55 Å². The van der Waals surface area contributed by atoms with Crippen LogP contribution >= 0.6 is 46.0 Å². The predicted octanol–water partition coefficient (Wildman–Crippen LogP) is 2.27. The van der Waals surface area contributed by atoms with Crippen LogP contribution in [0.2, 0.25) is 0 Å². The van der Waals surface area contributed by atoms with Crippen molar-refractivity contribution < 1.29 is 13.0 Å². The van der Waals surface area contributed by atoms with E-state index >= 15 is 0 Å². The fourth-order valence-electron chi connectivity index (χ4n) is 0.267. The van der Waals surface area contributed by atoms with Crippen molar-refractivity contribution in [2.45, 2.75) is 0 Å². The molecule has 0 bridgehead atoms. The number of allylic oxidation sites excluding steroid dienone is 1. The van der Waals surface area contributed by atoms with Crippen molar-refractivity contribution >= 4 is 60.1 Å². The van der Waals surface area contributed by atoms with Gasteiger partial charge in [0, 0.05) is 0 Å². The summed E-state index contributed by atoms with van der Waals surface area (Å²) in [6, 6.07) is 0. The summed E-state index contributed by atoms with van der Waals surface area (Å²) < 4.78 is 33.0. The van der Waals surface area contributed by atoms with Crippen LogP contribution in [0.1, 0.15) is 0 Å². The second kappa shape index (κ2) is 4.09. The summed E-state index contributed by atoms with van der Waals surface area (Å²) in [5.41, 5.74) is 0. The maximum absolute atomic E-state index is 10.5. The zero-order valence-electron chi connectivity index (χ0n) is 4.46. The molecule has 1 aliphatic rings. The molecule has 1 rings (SSSR count). The second-order valence-electron chi connectivity index (χ2n) is 1.31. The molecule has 0 aromatic carbocycles. The number of hydrogen-bond donors (Lipinski definition) is 1. The van der Waals surface area contributed by atoms with E-state index in [9.17, 15) is 8.42 Å². The van der Waals surface area contributed by atoms with Crippen molar-refractivity contribution in [3.8, 4) is 0 Å². The van der Waals surface area contributed by atoms with Crippen LogP contribution in [0.25, 0.3) is 0 Å². The molecular weight excluding hydrogens is 497 g/mol. The van der Waals surface area contributed by atoms with Gasteiger partial charge in [0.05, 0.1) is 0 Å². The molecule has 1 N–H and O–H groups in total. The van der Waals surface area contributed by atoms with E-state index in [-0.39, 0.29) is 38.3 Å². The highest BCUT2D eigenvalue weighted by molar-refractivity contribution is 15.3. The maximum Gasteiger partial charge on any atom is 0.295 e. The van der Waals surface area contributed by atoms with E-state index < -0.39 is 10.1 Å². The summed E-state index contributed by atoms with van der Waals surface area (Å²) in [5.74, 6) is 0. The van der Waals surface area contributed by atoms with Gasteiger partial charge in [0.15, 0.2) is 0 Å². The number of rotatable bonds is 1. The minimum absolute atomic E-state index is 0.0350. The molecule has 0 aliphatic carbocycles. The van der Waals surface area contributed by atoms with Crippen LogP contribution in [0.4, 0.5) is 0 Å². The van der Waals surface area contributed by atoms with Gasteiger partial charge in [-0.2, -0.15) is 8.42 Å². The van der Waals surface area contributed by atoms with Gasteiger partial charge in [0.25, 0.3) is 10.1 Å². The first-order valence-electron chi connectivity index (χ1n) is 2.02. The maximum atomic E-state index is 10.5. The van der Waals surface area contributed by atoms with E-state index in [1.807, 2.05) is 0 Å². The Bertz CT molecular complexity index is 312. The molecule has 3 nitrogen and oxygen atoms in total. The molecule has 0 aromatic rings. The standard InChI is InChI=1S/C3H3I3O3S/c7-10(8,9)3-1-4-6-5-2-3/h1-2H,(H,7,8,9). The van der Waals surface area contributed by atoms with Crippen LogP contribution in [0.5, 0.6) is 0 Å². The summed E-state index contributed by atoms with van der Waals surface area (Å²) >= 11 is 0.422. The van der Waals surface area contributed by atoms with Crippen molar-refractivity contribution in [1.29, 1.82) is 0 Å². The first-order valence-corrected chi connectivity index (χ1v) is 18.5. The van der Waals surface area contributed by atoms with Crippen LogP contribution in [0.3, 0.4) is 0 Å². The van der Waals surface area contributed by atoms with Gasteiger partial charge in [0.2, 0.25) is 0 Å². The lowest BCUT2D eigenvalue weighted by Crippen LogP contribution is -2.00. The van der Waals surface area contributed by atoms with Gasteiger partial charge < -0.3 is 0 Å². The fraction of sp³-hybridized carbons (Fsp3) is 0. The zero-order valence-corrected chi connectivity index (χ0v) is 11.7. The number of hydrogen-bond acceptors (Lipinski definition) is 2. The molecular formula is C3H3I3O3S. The van der Waals surface area contributed by atoms with Gasteiger partial charge >= 0.3 is 0 Å². The Morgan fingerprint density at radius 2 is 2.20 bits per heavy atom. The lowest BCUT2D eigenvalue weighted by atomic mass is 10.8. The molecule has 10 heavy (non-hydrogen) atoms. The van der Waals surface area contributed by atoms with Crippen LogP contribution in [0, 0.1) is 0 Å². The molecule has 0 amide bonds. The average Bonchev–Trinajstić information content (AvgIpc) is 1.88. The van der Waals surface area contributed by atoms with E-state index in [0.29, 0.717) is 12.6 Å². The molecule has 0 atom stereocenters. The molecule has 1 heterocycles. The molecule has 0 saturated heterocycles. The van der Waals surface area contributed by atoms with E-state index in [0.717, 1.165) is 0 Å². The molecule has 0 unspecified atom stereocenters. The molecule has 0 aromatic heterocycles. The highest BCUT2D eigenvalue weighted by atomic mass is 128. The molecule has 60 valence electrons. The first kappa shape index (κ1) is 9.80. The molecule has 1 aliphatic heterocycles. The van der Waals surface area contributed by atoms with E-state index in [1.54, 1.807) is 8.09 Å². The Labute approximate surface area is 80.5 Å². The van der Waals surface area contributed by atoms with Crippen LogP contribution in [0.15, 0.2) is 8.99 Å². The fourth-order valence-corrected chi connectivity index (χ4v) is 24.9. The summed E-state index contributed by atoms with van der Waals surface area (Å²) in [7, 11) is -3.85. The highest BCUT2D eigenvalue weighted by Gasteiger charge is 2.10. The van der Waals surface area contributed by atoms with Crippen molar-refractivity contribution in [3.05, 3.63) is 8.99 Å². The third-order valence-electron chi connectivity index (χ3n) is 0.658. The van der Waals surface area contributed by atoms with Crippen molar-refractivity contribution in [3.63, 3.8) is 0 Å². The van der Waals surface area contributed by atoms with Crippen molar-refractivity contribution in [2.75, 3.05) is 0 Å². The summed E-state index contributed by atoms with van der Waals surface area (Å²) in [5, 5.41) is 0. The Hall–Kier alpha value is 1.71. The third kappa shape index (κ3) is 2.98. The van der Waals surface area contributed by atoms with Crippen molar-refractivity contribution in [1.82, 2.24) is 0 Å². The Morgan fingerprint density at radius 3 is 2.50 bits per heavy atom. The average molecular weight is 500 g/mol. The monoisotopic (exact) mass is 500 g/mol. The normalized spacial score (nSPS) is 19.5. The molecule has 0 fully saturated rings. The topological polar surface area (TPSA) is 54.4 Å². The van der Waals surface area contributed by atoms with Crippen LogP contribution in [-0.4, -0.2) is 17.0 Å². The molecule has 0 saturated carbocycles. The lowest BCUT2D eigenvalue weighted by molar-refractivity contribution is 0.493. The van der Waals surface area contributed by atoms with E-state index in [1.165, 1.54) is 0 Å². The zero-order chi connectivity index (χ0) is 7.61. The second-order valence-corrected chi connectivity index (χ2v) is 27.5. The first-order chi connectivity index (χ1) is 4.61. The lowest BCUT2D eigenvalue weighted by Gasteiger charge is -1.95. The minimum atomic E-state index is -3.85. The van der Waals surface area contributed by atoms with Gasteiger partial charge in [-0.1, -0.05) is 0 Å². The quantitative estimate of drug-likeness (QED) is 0.445. The summed E-state index contributed by atoms with van der Waals surface area (Å²) in [6.07, 6.45) is 0. The third-order valence-corrected chi connectivity index (χ3v) is 26.1. The summed E-state index contributed by atoms with van der Waals surface area (Å²) in [4.78, 5) is 0.194. The highest BCUT2D eigenvalue weighted by Crippen LogP contribution is 2.37. The van der Waals surface area contributed by atoms with Gasteiger partial charge in [-0.25, -0.2) is 0 Å². The van der Waals surface area contributed by atoms with E-state index in [2.05, 4.69) is 0 Å². The van der Waals surface area contributed by atoms with Gasteiger partial charge in [0.1, 0.15) is 4.91 Å². The Balaban J connectivity index is 3.08. The minimum Gasteiger partial charge on any atom is -0.282 e. The van der Waals surface area contributed by atoms with Crippen molar-refractivity contribution in [2.24, 2.45) is 0 Å². The number of halogens is 3.